The number of carbonyl (C=O) groups is 1. The van der Waals surface area contributed by atoms with E-state index in [0.29, 0.717) is 30.4 Å². The Balaban J connectivity index is 1.98. The summed E-state index contributed by atoms with van der Waals surface area (Å²) in [6, 6.07) is 5.28. The molecule has 0 saturated carbocycles. The van der Waals surface area contributed by atoms with Crippen molar-refractivity contribution in [2.24, 2.45) is 0 Å². The van der Waals surface area contributed by atoms with E-state index in [0.717, 1.165) is 5.56 Å². The average Bonchev–Trinajstić information content (AvgIpc) is 2.30. The number of carboxylic acids is 1. The second-order valence-corrected chi connectivity index (χ2v) is 5.12. The lowest BCUT2D eigenvalue weighted by Gasteiger charge is -2.35. The molecule has 1 aliphatic heterocycles. The number of likely N-dealkylation sites (tertiary alicyclic amines) is 1. The molecule has 0 aromatic heterocycles. The summed E-state index contributed by atoms with van der Waals surface area (Å²) in [7, 11) is 0. The van der Waals surface area contributed by atoms with Gasteiger partial charge in [-0.3, -0.25) is 4.90 Å². The van der Waals surface area contributed by atoms with Gasteiger partial charge in [-0.15, -0.1) is 0 Å². The summed E-state index contributed by atoms with van der Waals surface area (Å²) in [5.41, 5.74) is 1.01. The zero-order chi connectivity index (χ0) is 14.0. The summed E-state index contributed by atoms with van der Waals surface area (Å²) in [4.78, 5) is 12.8. The van der Waals surface area contributed by atoms with Crippen LogP contribution in [-0.4, -0.2) is 46.4 Å². The SMILES string of the molecule is CC(Oc1ccc(CN2CC(O)C2)cc1Cl)C(=O)O. The minimum Gasteiger partial charge on any atom is -0.479 e. The normalized spacial score (nSPS) is 17.8. The van der Waals surface area contributed by atoms with Crippen LogP contribution in [0.2, 0.25) is 5.02 Å². The van der Waals surface area contributed by atoms with E-state index in [9.17, 15) is 9.90 Å². The van der Waals surface area contributed by atoms with E-state index >= 15 is 0 Å². The molecule has 1 aliphatic rings. The van der Waals surface area contributed by atoms with E-state index in [-0.39, 0.29) is 6.10 Å². The third kappa shape index (κ3) is 3.59. The molecular formula is C13H16ClNO4. The lowest BCUT2D eigenvalue weighted by atomic mass is 10.1. The molecule has 104 valence electrons. The first kappa shape index (κ1) is 14.1. The van der Waals surface area contributed by atoms with Crippen LogP contribution in [0.5, 0.6) is 5.75 Å². The van der Waals surface area contributed by atoms with Gasteiger partial charge >= 0.3 is 5.97 Å². The molecule has 6 heteroatoms. The number of benzene rings is 1. The number of carboxylic acid groups (broad SMARTS) is 1. The van der Waals surface area contributed by atoms with Gasteiger partial charge in [0.2, 0.25) is 0 Å². The van der Waals surface area contributed by atoms with Gasteiger partial charge in [0.15, 0.2) is 6.10 Å². The molecule has 1 saturated heterocycles. The molecule has 1 fully saturated rings. The minimum atomic E-state index is -1.03. The Bertz CT molecular complexity index is 474. The molecule has 0 aliphatic carbocycles. The van der Waals surface area contributed by atoms with Gasteiger partial charge in [0.25, 0.3) is 0 Å². The van der Waals surface area contributed by atoms with Gasteiger partial charge in [0.1, 0.15) is 5.75 Å². The van der Waals surface area contributed by atoms with E-state index in [1.807, 2.05) is 6.07 Å². The fourth-order valence-electron chi connectivity index (χ4n) is 1.91. The third-order valence-electron chi connectivity index (χ3n) is 2.99. The predicted octanol–water partition coefficient (Wildman–Crippen LogP) is 1.37. The van der Waals surface area contributed by atoms with Crippen molar-refractivity contribution in [2.75, 3.05) is 13.1 Å². The number of β-amino-alcohol motifs (C(OH)–C–C–N with tert-alkyl or cyclic N) is 1. The first-order valence-corrected chi connectivity index (χ1v) is 6.42. The smallest absolute Gasteiger partial charge is 0.344 e. The molecule has 0 bridgehead atoms. The second kappa shape index (κ2) is 5.77. The predicted molar refractivity (Wildman–Crippen MR) is 70.5 cm³/mol. The summed E-state index contributed by atoms with van der Waals surface area (Å²) in [5, 5.41) is 18.4. The first-order valence-electron chi connectivity index (χ1n) is 6.04. The van der Waals surface area contributed by atoms with Crippen LogP contribution >= 0.6 is 11.6 Å². The first-order chi connectivity index (χ1) is 8.95. The van der Waals surface area contributed by atoms with Gasteiger partial charge < -0.3 is 14.9 Å². The number of nitrogens with zero attached hydrogens (tertiary/aromatic N) is 1. The number of hydrogen-bond donors (Lipinski definition) is 2. The number of ether oxygens (including phenoxy) is 1. The molecule has 1 aromatic rings. The summed E-state index contributed by atoms with van der Waals surface area (Å²) >= 11 is 6.07. The van der Waals surface area contributed by atoms with Crippen molar-refractivity contribution in [1.29, 1.82) is 0 Å². The maximum atomic E-state index is 10.7. The van der Waals surface area contributed by atoms with E-state index < -0.39 is 12.1 Å². The van der Waals surface area contributed by atoms with Crippen molar-refractivity contribution in [3.8, 4) is 5.75 Å². The van der Waals surface area contributed by atoms with Crippen molar-refractivity contribution >= 4 is 17.6 Å². The fraction of sp³-hybridized carbons (Fsp3) is 0.462. The largest absolute Gasteiger partial charge is 0.479 e. The van der Waals surface area contributed by atoms with Crippen LogP contribution in [0.1, 0.15) is 12.5 Å². The van der Waals surface area contributed by atoms with Gasteiger partial charge in [-0.25, -0.2) is 4.79 Å². The Morgan fingerprint density at radius 1 is 1.58 bits per heavy atom. The topological polar surface area (TPSA) is 70.0 Å². The maximum absolute atomic E-state index is 10.7. The lowest BCUT2D eigenvalue weighted by Crippen LogP contribution is -2.49. The highest BCUT2D eigenvalue weighted by molar-refractivity contribution is 6.32. The number of aliphatic hydroxyl groups excluding tert-OH is 1. The maximum Gasteiger partial charge on any atom is 0.344 e. The monoisotopic (exact) mass is 285 g/mol. The number of aliphatic carboxylic acids is 1. The van der Waals surface area contributed by atoms with Crippen LogP contribution in [0, 0.1) is 0 Å². The number of hydrogen-bond acceptors (Lipinski definition) is 4. The lowest BCUT2D eigenvalue weighted by molar-refractivity contribution is -0.144. The van der Waals surface area contributed by atoms with Crippen LogP contribution in [-0.2, 0) is 11.3 Å². The highest BCUT2D eigenvalue weighted by Crippen LogP contribution is 2.27. The zero-order valence-electron chi connectivity index (χ0n) is 10.5. The molecule has 5 nitrogen and oxygen atoms in total. The second-order valence-electron chi connectivity index (χ2n) is 4.71. The van der Waals surface area contributed by atoms with Crippen LogP contribution in [0.25, 0.3) is 0 Å². The van der Waals surface area contributed by atoms with Gasteiger partial charge in [0.05, 0.1) is 11.1 Å². The van der Waals surface area contributed by atoms with Gasteiger partial charge in [0, 0.05) is 19.6 Å². The van der Waals surface area contributed by atoms with E-state index in [1.54, 1.807) is 12.1 Å². The van der Waals surface area contributed by atoms with Gasteiger partial charge in [-0.05, 0) is 24.6 Å². The molecule has 19 heavy (non-hydrogen) atoms. The van der Waals surface area contributed by atoms with Crippen LogP contribution < -0.4 is 4.74 Å². The zero-order valence-corrected chi connectivity index (χ0v) is 11.3. The molecule has 0 amide bonds. The van der Waals surface area contributed by atoms with Crippen molar-refractivity contribution in [3.05, 3.63) is 28.8 Å². The average molecular weight is 286 g/mol. The molecule has 1 aromatic carbocycles. The fourth-order valence-corrected chi connectivity index (χ4v) is 2.16. The highest BCUT2D eigenvalue weighted by Gasteiger charge is 2.24. The Labute approximate surface area is 116 Å². The Kier molecular flexibility index (Phi) is 4.29. The standard InChI is InChI=1S/C13H16ClNO4/c1-8(13(17)18)19-12-3-2-9(4-11(12)14)5-15-6-10(16)7-15/h2-4,8,10,16H,5-7H2,1H3,(H,17,18). The summed E-state index contributed by atoms with van der Waals surface area (Å²) < 4.78 is 5.24. The number of aliphatic hydroxyl groups is 1. The molecule has 1 unspecified atom stereocenters. The van der Waals surface area contributed by atoms with E-state index in [1.165, 1.54) is 6.92 Å². The molecule has 1 atom stereocenters. The summed E-state index contributed by atoms with van der Waals surface area (Å²) in [6.45, 7) is 3.51. The van der Waals surface area contributed by atoms with Crippen molar-refractivity contribution in [3.63, 3.8) is 0 Å². The Hall–Kier alpha value is -1.30. The molecule has 0 spiro atoms. The summed E-state index contributed by atoms with van der Waals surface area (Å²) in [6.07, 6.45) is -1.16. The van der Waals surface area contributed by atoms with Gasteiger partial charge in [-0.1, -0.05) is 17.7 Å². The number of rotatable bonds is 5. The number of halogens is 1. The van der Waals surface area contributed by atoms with Crippen LogP contribution in [0.15, 0.2) is 18.2 Å². The van der Waals surface area contributed by atoms with Crippen LogP contribution in [0.3, 0.4) is 0 Å². The molecule has 2 N–H and O–H groups in total. The van der Waals surface area contributed by atoms with E-state index in [2.05, 4.69) is 4.90 Å². The van der Waals surface area contributed by atoms with Crippen molar-refractivity contribution in [2.45, 2.75) is 25.7 Å². The summed E-state index contributed by atoms with van der Waals surface area (Å²) in [5.74, 6) is -0.668. The van der Waals surface area contributed by atoms with Crippen molar-refractivity contribution < 1.29 is 19.7 Å². The Morgan fingerprint density at radius 2 is 2.26 bits per heavy atom. The molecule has 1 heterocycles. The van der Waals surface area contributed by atoms with Crippen molar-refractivity contribution in [1.82, 2.24) is 4.90 Å². The van der Waals surface area contributed by atoms with E-state index in [4.69, 9.17) is 21.4 Å². The minimum absolute atomic E-state index is 0.227. The third-order valence-corrected chi connectivity index (χ3v) is 3.29. The Morgan fingerprint density at radius 3 is 2.79 bits per heavy atom. The molecular weight excluding hydrogens is 270 g/mol. The van der Waals surface area contributed by atoms with Gasteiger partial charge in [-0.2, -0.15) is 0 Å². The quantitative estimate of drug-likeness (QED) is 0.855. The highest BCUT2D eigenvalue weighted by atomic mass is 35.5. The molecule has 2 rings (SSSR count). The molecule has 0 radical (unpaired) electrons. The van der Waals surface area contributed by atoms with Crippen LogP contribution in [0.4, 0.5) is 0 Å².